The summed E-state index contributed by atoms with van der Waals surface area (Å²) in [7, 11) is 0. The van der Waals surface area contributed by atoms with Crippen LogP contribution in [0.25, 0.3) is 22.2 Å². The number of rotatable bonds is 6. The van der Waals surface area contributed by atoms with Crippen LogP contribution < -0.4 is 10.2 Å². The number of ether oxygens (including phenoxy) is 1. The molecule has 0 saturated carbocycles. The lowest BCUT2D eigenvalue weighted by Gasteiger charge is -2.10. The molecule has 0 aliphatic heterocycles. The number of para-hydroxylation sites is 1. The van der Waals surface area contributed by atoms with Gasteiger partial charge >= 0.3 is 0 Å². The van der Waals surface area contributed by atoms with E-state index in [9.17, 15) is 4.79 Å². The predicted octanol–water partition coefficient (Wildman–Crippen LogP) is 5.43. The molecule has 2 aromatic heterocycles. The van der Waals surface area contributed by atoms with Crippen LogP contribution in [0.4, 0.5) is 0 Å². The van der Waals surface area contributed by atoms with E-state index in [1.807, 2.05) is 73.8 Å². The molecule has 0 atom stereocenters. The summed E-state index contributed by atoms with van der Waals surface area (Å²) in [6.45, 7) is 4.55. The Morgan fingerprint density at radius 1 is 1.17 bits per heavy atom. The molecule has 0 aliphatic carbocycles. The number of benzene rings is 2. The third-order valence-corrected chi connectivity index (χ3v) is 5.60. The van der Waals surface area contributed by atoms with Crippen molar-refractivity contribution in [3.63, 3.8) is 0 Å². The lowest BCUT2D eigenvalue weighted by Crippen LogP contribution is -2.18. The van der Waals surface area contributed by atoms with E-state index < -0.39 is 0 Å². The molecule has 0 aliphatic rings. The van der Waals surface area contributed by atoms with Crippen LogP contribution in [0.1, 0.15) is 27.7 Å². The van der Waals surface area contributed by atoms with Crippen molar-refractivity contribution in [2.24, 2.45) is 5.10 Å². The number of amides is 1. The number of hydrogen-bond donors (Lipinski definition) is 1. The van der Waals surface area contributed by atoms with Gasteiger partial charge in [-0.15, -0.1) is 11.3 Å². The molecular weight excluding hydrogens is 394 g/mol. The first-order valence-corrected chi connectivity index (χ1v) is 10.5. The molecule has 5 nitrogen and oxygen atoms in total. The first kappa shape index (κ1) is 19.8. The predicted molar refractivity (Wildman–Crippen MR) is 122 cm³/mol. The maximum atomic E-state index is 13.0. The fraction of sp³-hybridized carbons (Fsp3) is 0.125. The number of carbonyl (C=O) groups is 1. The summed E-state index contributed by atoms with van der Waals surface area (Å²) in [5.41, 5.74) is 6.65. The van der Waals surface area contributed by atoms with E-state index in [1.54, 1.807) is 23.6 Å². The van der Waals surface area contributed by atoms with Gasteiger partial charge in [-0.05, 0) is 55.1 Å². The fourth-order valence-corrected chi connectivity index (χ4v) is 3.94. The van der Waals surface area contributed by atoms with Crippen LogP contribution in [0.5, 0.6) is 5.75 Å². The lowest BCUT2D eigenvalue weighted by molar-refractivity contribution is 0.0956. The minimum absolute atomic E-state index is 0.277. The molecular formula is C24H21N3O2S. The van der Waals surface area contributed by atoms with Crippen LogP contribution in [0.15, 0.2) is 71.1 Å². The summed E-state index contributed by atoms with van der Waals surface area (Å²) in [6.07, 6.45) is 1.67. The molecule has 4 aromatic rings. The Kier molecular flexibility index (Phi) is 5.86. The van der Waals surface area contributed by atoms with Crippen molar-refractivity contribution in [2.45, 2.75) is 13.8 Å². The van der Waals surface area contributed by atoms with Crippen LogP contribution in [0.2, 0.25) is 0 Å². The molecule has 150 valence electrons. The van der Waals surface area contributed by atoms with Crippen molar-refractivity contribution in [2.75, 3.05) is 6.61 Å². The van der Waals surface area contributed by atoms with Crippen molar-refractivity contribution < 1.29 is 9.53 Å². The summed E-state index contributed by atoms with van der Waals surface area (Å²) < 4.78 is 5.61. The second-order valence-corrected chi connectivity index (χ2v) is 7.65. The molecule has 0 fully saturated rings. The fourth-order valence-electron chi connectivity index (χ4n) is 3.15. The number of hydrogen-bond acceptors (Lipinski definition) is 5. The molecule has 1 amide bonds. The third-order valence-electron chi connectivity index (χ3n) is 4.65. The topological polar surface area (TPSA) is 63.6 Å². The van der Waals surface area contributed by atoms with Crippen LogP contribution in [0, 0.1) is 6.92 Å². The van der Waals surface area contributed by atoms with E-state index in [2.05, 4.69) is 10.5 Å². The molecule has 0 bridgehead atoms. The minimum atomic E-state index is -0.277. The first-order chi connectivity index (χ1) is 14.7. The normalized spacial score (nSPS) is 11.1. The second-order valence-electron chi connectivity index (χ2n) is 6.70. The van der Waals surface area contributed by atoms with Gasteiger partial charge in [0.15, 0.2) is 0 Å². The van der Waals surface area contributed by atoms with Crippen molar-refractivity contribution >= 4 is 34.4 Å². The molecule has 2 aromatic carbocycles. The van der Waals surface area contributed by atoms with Gasteiger partial charge in [0.25, 0.3) is 5.91 Å². The number of thiophene rings is 1. The van der Waals surface area contributed by atoms with Gasteiger partial charge in [0.1, 0.15) is 5.75 Å². The first-order valence-electron chi connectivity index (χ1n) is 9.66. The Morgan fingerprint density at radius 3 is 2.83 bits per heavy atom. The highest BCUT2D eigenvalue weighted by molar-refractivity contribution is 7.11. The van der Waals surface area contributed by atoms with Crippen LogP contribution in [0.3, 0.4) is 0 Å². The Hall–Kier alpha value is -3.51. The maximum absolute atomic E-state index is 13.0. The highest BCUT2D eigenvalue weighted by Gasteiger charge is 2.14. The largest absolute Gasteiger partial charge is 0.494 e. The van der Waals surface area contributed by atoms with E-state index in [-0.39, 0.29) is 5.91 Å². The zero-order valence-corrected chi connectivity index (χ0v) is 17.6. The smallest absolute Gasteiger partial charge is 0.272 e. The number of aromatic nitrogens is 1. The van der Waals surface area contributed by atoms with E-state index in [4.69, 9.17) is 9.72 Å². The summed E-state index contributed by atoms with van der Waals surface area (Å²) in [4.78, 5) is 18.7. The Labute approximate surface area is 179 Å². The molecule has 30 heavy (non-hydrogen) atoms. The summed E-state index contributed by atoms with van der Waals surface area (Å²) in [5.74, 6) is 0.494. The number of nitrogens with zero attached hydrogens (tertiary/aromatic N) is 2. The van der Waals surface area contributed by atoms with E-state index in [0.717, 1.165) is 32.7 Å². The third kappa shape index (κ3) is 4.23. The highest BCUT2D eigenvalue weighted by Crippen LogP contribution is 2.27. The lowest BCUT2D eigenvalue weighted by atomic mass is 10.0. The summed E-state index contributed by atoms with van der Waals surface area (Å²) in [6, 6.07) is 19.1. The zero-order chi connectivity index (χ0) is 20.9. The van der Waals surface area contributed by atoms with Gasteiger partial charge < -0.3 is 4.74 Å². The Balaban J connectivity index is 1.70. The van der Waals surface area contributed by atoms with E-state index in [1.165, 1.54) is 0 Å². The van der Waals surface area contributed by atoms with Crippen molar-refractivity contribution in [1.82, 2.24) is 10.4 Å². The van der Waals surface area contributed by atoms with Crippen molar-refractivity contribution in [3.05, 3.63) is 82.0 Å². The molecule has 0 spiro atoms. The number of fused-ring (bicyclic) bond motifs is 1. The maximum Gasteiger partial charge on any atom is 0.272 e. The molecule has 0 radical (unpaired) electrons. The average Bonchev–Trinajstić information content (AvgIpc) is 3.18. The number of nitrogens with one attached hydrogen (secondary N) is 1. The minimum Gasteiger partial charge on any atom is -0.494 e. The van der Waals surface area contributed by atoms with Crippen LogP contribution in [-0.2, 0) is 0 Å². The second kappa shape index (κ2) is 8.88. The molecule has 0 unspecified atom stereocenters. The van der Waals surface area contributed by atoms with Gasteiger partial charge in [-0.25, -0.2) is 10.4 Å². The molecule has 1 N–H and O–H groups in total. The average molecular weight is 416 g/mol. The van der Waals surface area contributed by atoms with Gasteiger partial charge in [-0.3, -0.25) is 4.79 Å². The quantitative estimate of drug-likeness (QED) is 0.337. The van der Waals surface area contributed by atoms with Crippen LogP contribution in [-0.4, -0.2) is 23.7 Å². The number of pyridine rings is 1. The Bertz CT molecular complexity index is 1230. The van der Waals surface area contributed by atoms with Crippen molar-refractivity contribution in [3.8, 4) is 17.0 Å². The van der Waals surface area contributed by atoms with E-state index in [0.29, 0.717) is 17.9 Å². The zero-order valence-electron chi connectivity index (χ0n) is 16.8. The van der Waals surface area contributed by atoms with Gasteiger partial charge in [0.2, 0.25) is 0 Å². The number of hydrazone groups is 1. The monoisotopic (exact) mass is 415 g/mol. The van der Waals surface area contributed by atoms with Crippen molar-refractivity contribution in [1.29, 1.82) is 0 Å². The number of carbonyl (C=O) groups excluding carboxylic acids is 1. The Morgan fingerprint density at radius 2 is 2.03 bits per heavy atom. The van der Waals surface area contributed by atoms with Gasteiger partial charge in [0, 0.05) is 15.8 Å². The SMILES string of the molecule is CCOc1cccc(-c2cc(C(=O)N/N=C\c3sccc3C)c3ccccc3n2)c1. The highest BCUT2D eigenvalue weighted by atomic mass is 32.1. The number of aryl methyl sites for hydroxylation is 1. The van der Waals surface area contributed by atoms with Crippen LogP contribution >= 0.6 is 11.3 Å². The van der Waals surface area contributed by atoms with Gasteiger partial charge in [0.05, 0.1) is 29.6 Å². The standard InChI is InChI=1S/C24H21N3O2S/c1-3-29-18-8-6-7-17(13-18)22-14-20(19-9-4-5-10-21(19)26-22)24(28)27-25-15-23-16(2)11-12-30-23/h4-15H,3H2,1-2H3,(H,27,28)/b25-15-. The molecule has 2 heterocycles. The van der Waals surface area contributed by atoms with E-state index >= 15 is 0 Å². The molecule has 4 rings (SSSR count). The van der Waals surface area contributed by atoms with Gasteiger partial charge in [-0.2, -0.15) is 5.10 Å². The summed E-state index contributed by atoms with van der Waals surface area (Å²) in [5, 5.41) is 6.92. The summed E-state index contributed by atoms with van der Waals surface area (Å²) >= 11 is 1.58. The molecule has 6 heteroatoms. The van der Waals surface area contributed by atoms with Gasteiger partial charge in [-0.1, -0.05) is 30.3 Å². The molecule has 0 saturated heterocycles.